The predicted molar refractivity (Wildman–Crippen MR) is 48.9 cm³/mol. The fraction of sp³-hybridized carbons (Fsp3) is 1.00. The molecule has 5 heteroatoms. The summed E-state index contributed by atoms with van der Waals surface area (Å²) in [4.78, 5) is 0. The summed E-state index contributed by atoms with van der Waals surface area (Å²) in [6, 6.07) is 0. The van der Waals surface area contributed by atoms with Gasteiger partial charge in [0.25, 0.3) is 0 Å². The highest BCUT2D eigenvalue weighted by molar-refractivity contribution is 14.1. The molecule has 0 fully saturated rings. The Balaban J connectivity index is 4.35. The second kappa shape index (κ2) is 3.87. The van der Waals surface area contributed by atoms with Crippen molar-refractivity contribution in [3.63, 3.8) is 0 Å². The van der Waals surface area contributed by atoms with E-state index in [1.54, 1.807) is 29.5 Å². The van der Waals surface area contributed by atoms with Crippen LogP contribution in [-0.4, -0.2) is 28.6 Å². The van der Waals surface area contributed by atoms with Gasteiger partial charge in [0.1, 0.15) is 3.26 Å². The SMILES string of the molecule is CCS(=O)(=O)[C@@H](I)[C@@H](C)O. The van der Waals surface area contributed by atoms with Gasteiger partial charge in [-0.1, -0.05) is 29.5 Å². The molecule has 0 spiro atoms. The fourth-order valence-electron chi connectivity index (χ4n) is 0.459. The third kappa shape index (κ3) is 2.71. The third-order valence-electron chi connectivity index (χ3n) is 1.12. The van der Waals surface area contributed by atoms with Gasteiger partial charge in [0.2, 0.25) is 0 Å². The maximum atomic E-state index is 11.0. The highest BCUT2D eigenvalue weighted by Crippen LogP contribution is 2.14. The van der Waals surface area contributed by atoms with Crippen LogP contribution in [0.2, 0.25) is 0 Å². The van der Waals surface area contributed by atoms with E-state index >= 15 is 0 Å². The van der Waals surface area contributed by atoms with E-state index in [9.17, 15) is 8.42 Å². The maximum Gasteiger partial charge on any atom is 0.164 e. The van der Waals surface area contributed by atoms with Crippen LogP contribution in [0.15, 0.2) is 0 Å². The molecule has 0 amide bonds. The zero-order valence-electron chi connectivity index (χ0n) is 5.91. The molecule has 0 saturated heterocycles. The lowest BCUT2D eigenvalue weighted by molar-refractivity contribution is 0.213. The molecule has 0 aliphatic rings. The van der Waals surface area contributed by atoms with Gasteiger partial charge in [0.15, 0.2) is 9.84 Å². The van der Waals surface area contributed by atoms with Gasteiger partial charge >= 0.3 is 0 Å². The van der Waals surface area contributed by atoms with Crippen molar-refractivity contribution < 1.29 is 13.5 Å². The van der Waals surface area contributed by atoms with E-state index in [0.717, 1.165) is 0 Å². The lowest BCUT2D eigenvalue weighted by atomic mass is 10.5. The number of aliphatic hydroxyl groups excluding tert-OH is 1. The van der Waals surface area contributed by atoms with Gasteiger partial charge in [-0.05, 0) is 6.92 Å². The number of sulfone groups is 1. The van der Waals surface area contributed by atoms with E-state index in [1.807, 2.05) is 0 Å². The van der Waals surface area contributed by atoms with Crippen LogP contribution in [0.3, 0.4) is 0 Å². The van der Waals surface area contributed by atoms with Crippen molar-refractivity contribution in [2.24, 2.45) is 0 Å². The van der Waals surface area contributed by atoms with E-state index in [4.69, 9.17) is 5.11 Å². The minimum Gasteiger partial charge on any atom is -0.391 e. The zero-order chi connectivity index (χ0) is 8.36. The minimum absolute atomic E-state index is 0.0888. The van der Waals surface area contributed by atoms with Gasteiger partial charge in [0.05, 0.1) is 6.10 Å². The number of rotatable bonds is 3. The molecule has 0 aromatic heterocycles. The molecule has 0 aromatic carbocycles. The van der Waals surface area contributed by atoms with Crippen LogP contribution in [0, 0.1) is 0 Å². The molecular weight excluding hydrogens is 267 g/mol. The van der Waals surface area contributed by atoms with Crippen LogP contribution in [0.1, 0.15) is 13.8 Å². The first kappa shape index (κ1) is 10.6. The van der Waals surface area contributed by atoms with Crippen LogP contribution >= 0.6 is 22.6 Å². The van der Waals surface area contributed by atoms with E-state index in [0.29, 0.717) is 0 Å². The first-order valence-electron chi connectivity index (χ1n) is 2.95. The van der Waals surface area contributed by atoms with Crippen molar-refractivity contribution in [3.8, 4) is 0 Å². The number of halogens is 1. The third-order valence-corrected chi connectivity index (χ3v) is 6.37. The van der Waals surface area contributed by atoms with Crippen molar-refractivity contribution in [2.75, 3.05) is 5.75 Å². The van der Waals surface area contributed by atoms with Crippen molar-refractivity contribution in [2.45, 2.75) is 23.2 Å². The molecule has 0 aliphatic carbocycles. The molecule has 0 rings (SSSR count). The van der Waals surface area contributed by atoms with Crippen molar-refractivity contribution in [3.05, 3.63) is 0 Å². The summed E-state index contributed by atoms with van der Waals surface area (Å²) in [5.41, 5.74) is 0. The molecule has 1 N–H and O–H groups in total. The Kier molecular flexibility index (Phi) is 4.12. The monoisotopic (exact) mass is 278 g/mol. The normalized spacial score (nSPS) is 18.4. The second-order valence-electron chi connectivity index (χ2n) is 2.04. The van der Waals surface area contributed by atoms with Gasteiger partial charge in [-0.2, -0.15) is 0 Å². The Morgan fingerprint density at radius 1 is 1.60 bits per heavy atom. The molecule has 0 saturated carbocycles. The maximum absolute atomic E-state index is 11.0. The van der Waals surface area contributed by atoms with Crippen molar-refractivity contribution in [1.29, 1.82) is 0 Å². The smallest absolute Gasteiger partial charge is 0.164 e. The molecule has 0 heterocycles. The summed E-state index contributed by atoms with van der Waals surface area (Å²) in [7, 11) is -3.06. The first-order chi connectivity index (χ1) is 4.41. The van der Waals surface area contributed by atoms with E-state index in [2.05, 4.69) is 0 Å². The first-order valence-corrected chi connectivity index (χ1v) is 5.91. The van der Waals surface area contributed by atoms with Gasteiger partial charge in [-0.15, -0.1) is 0 Å². The van der Waals surface area contributed by atoms with Crippen LogP contribution in [0.25, 0.3) is 0 Å². The zero-order valence-corrected chi connectivity index (χ0v) is 8.89. The average molecular weight is 278 g/mol. The lowest BCUT2D eigenvalue weighted by Gasteiger charge is -2.11. The Hall–Kier alpha value is 0.640. The second-order valence-corrected chi connectivity index (χ2v) is 6.64. The highest BCUT2D eigenvalue weighted by atomic mass is 127. The summed E-state index contributed by atoms with van der Waals surface area (Å²) in [5.74, 6) is 0.0888. The minimum atomic E-state index is -3.06. The molecule has 0 bridgehead atoms. The molecule has 0 aliphatic heterocycles. The number of alkyl halides is 1. The van der Waals surface area contributed by atoms with Gasteiger partial charge < -0.3 is 5.11 Å². The Bertz CT molecular complexity index is 185. The van der Waals surface area contributed by atoms with Crippen LogP contribution in [-0.2, 0) is 9.84 Å². The average Bonchev–Trinajstić information content (AvgIpc) is 1.86. The van der Waals surface area contributed by atoms with Crippen LogP contribution in [0.4, 0.5) is 0 Å². The van der Waals surface area contributed by atoms with Crippen LogP contribution < -0.4 is 0 Å². The molecule has 3 nitrogen and oxygen atoms in total. The van der Waals surface area contributed by atoms with Crippen molar-refractivity contribution in [1.82, 2.24) is 0 Å². The molecule has 0 radical (unpaired) electrons. The predicted octanol–water partition coefficient (Wildman–Crippen LogP) is 0.563. The summed E-state index contributed by atoms with van der Waals surface area (Å²) in [6.07, 6.45) is -0.787. The summed E-state index contributed by atoms with van der Waals surface area (Å²) in [5, 5.41) is 8.90. The topological polar surface area (TPSA) is 54.4 Å². The summed E-state index contributed by atoms with van der Waals surface area (Å²) >= 11 is 1.74. The lowest BCUT2D eigenvalue weighted by Crippen LogP contribution is -2.27. The van der Waals surface area contributed by atoms with E-state index in [1.165, 1.54) is 6.92 Å². The molecular formula is C5H11IO3S. The molecule has 2 atom stereocenters. The Morgan fingerprint density at radius 3 is 2.10 bits per heavy atom. The fourth-order valence-corrected chi connectivity index (χ4v) is 2.46. The van der Waals surface area contributed by atoms with Crippen molar-refractivity contribution >= 4 is 32.4 Å². The molecule has 62 valence electrons. The quantitative estimate of drug-likeness (QED) is 0.606. The summed E-state index contributed by atoms with van der Waals surface area (Å²) in [6.45, 7) is 3.05. The number of hydrogen-bond acceptors (Lipinski definition) is 3. The van der Waals surface area contributed by atoms with Gasteiger partial charge in [0, 0.05) is 5.75 Å². The van der Waals surface area contributed by atoms with Gasteiger partial charge in [-0.25, -0.2) is 8.42 Å². The number of hydrogen-bond donors (Lipinski definition) is 1. The van der Waals surface area contributed by atoms with E-state index < -0.39 is 19.2 Å². The number of aliphatic hydroxyl groups is 1. The van der Waals surface area contributed by atoms with Gasteiger partial charge in [-0.3, -0.25) is 0 Å². The highest BCUT2D eigenvalue weighted by Gasteiger charge is 2.24. The Morgan fingerprint density at radius 2 is 2.00 bits per heavy atom. The largest absolute Gasteiger partial charge is 0.391 e. The Labute approximate surface area is 74.9 Å². The van der Waals surface area contributed by atoms with Crippen LogP contribution in [0.5, 0.6) is 0 Å². The standard InChI is InChI=1S/C5H11IO3S/c1-3-10(8,9)5(6)4(2)7/h4-5,7H,3H2,1-2H3/t4-,5-/m1/s1. The van der Waals surface area contributed by atoms with E-state index in [-0.39, 0.29) is 5.75 Å². The molecule has 0 aromatic rings. The molecule has 10 heavy (non-hydrogen) atoms. The summed E-state index contributed by atoms with van der Waals surface area (Å²) < 4.78 is 21.3. The molecule has 0 unspecified atom stereocenters.